The summed E-state index contributed by atoms with van der Waals surface area (Å²) in [7, 11) is 0. The molecule has 2 atom stereocenters. The minimum absolute atomic E-state index is 0.0645. The summed E-state index contributed by atoms with van der Waals surface area (Å²) < 4.78 is 20.7. The first-order valence-corrected chi connectivity index (χ1v) is 8.46. The van der Waals surface area contributed by atoms with Gasteiger partial charge in [0.05, 0.1) is 24.4 Å². The zero-order valence-electron chi connectivity index (χ0n) is 13.4. The van der Waals surface area contributed by atoms with Crippen molar-refractivity contribution in [2.24, 2.45) is 0 Å². The Bertz CT molecular complexity index is 743. The summed E-state index contributed by atoms with van der Waals surface area (Å²) in [6, 6.07) is 8.02. The predicted octanol–water partition coefficient (Wildman–Crippen LogP) is 2.80. The zero-order valence-corrected chi connectivity index (χ0v) is 13.4. The molecular formula is C18H20FN3O2. The first kappa shape index (κ1) is 15.3. The second-order valence-corrected chi connectivity index (χ2v) is 6.39. The van der Waals surface area contributed by atoms with Crippen molar-refractivity contribution in [3.8, 4) is 5.69 Å². The van der Waals surface area contributed by atoms with Crippen molar-refractivity contribution in [2.75, 3.05) is 13.2 Å². The zero-order chi connectivity index (χ0) is 16.5. The Labute approximate surface area is 140 Å². The van der Waals surface area contributed by atoms with E-state index in [4.69, 9.17) is 4.74 Å². The molecule has 1 amide bonds. The number of benzene rings is 1. The van der Waals surface area contributed by atoms with Crippen LogP contribution in [0.4, 0.5) is 4.39 Å². The van der Waals surface area contributed by atoms with E-state index in [2.05, 4.69) is 5.10 Å². The van der Waals surface area contributed by atoms with Crippen LogP contribution >= 0.6 is 0 Å². The topological polar surface area (TPSA) is 47.4 Å². The summed E-state index contributed by atoms with van der Waals surface area (Å²) in [5, 5.41) is 4.35. The third-order valence-corrected chi connectivity index (χ3v) is 4.87. The molecule has 2 fully saturated rings. The Kier molecular flexibility index (Phi) is 4.06. The van der Waals surface area contributed by atoms with Crippen molar-refractivity contribution < 1.29 is 13.9 Å². The highest BCUT2D eigenvalue weighted by Gasteiger charge is 2.37. The summed E-state index contributed by atoms with van der Waals surface area (Å²) in [5.41, 5.74) is 0.997. The van der Waals surface area contributed by atoms with E-state index in [-0.39, 0.29) is 23.9 Å². The lowest BCUT2D eigenvalue weighted by Gasteiger charge is -2.43. The molecule has 1 aromatic heterocycles. The van der Waals surface area contributed by atoms with E-state index in [0.717, 1.165) is 25.7 Å². The molecule has 0 unspecified atom stereocenters. The summed E-state index contributed by atoms with van der Waals surface area (Å²) in [6.07, 6.45) is 6.15. The number of amides is 1. The molecule has 6 heteroatoms. The second-order valence-electron chi connectivity index (χ2n) is 6.39. The number of hydrogen-bond donors (Lipinski definition) is 0. The number of nitrogens with zero attached hydrogens (tertiary/aromatic N) is 3. The molecule has 1 saturated carbocycles. The minimum atomic E-state index is -0.325. The van der Waals surface area contributed by atoms with E-state index >= 15 is 0 Å². The number of hydrogen-bond acceptors (Lipinski definition) is 3. The van der Waals surface area contributed by atoms with Crippen LogP contribution in [0.25, 0.3) is 5.69 Å². The van der Waals surface area contributed by atoms with Gasteiger partial charge < -0.3 is 9.64 Å². The van der Waals surface area contributed by atoms with Crippen LogP contribution in [0.1, 0.15) is 36.2 Å². The van der Waals surface area contributed by atoms with Gasteiger partial charge in [0.2, 0.25) is 0 Å². The van der Waals surface area contributed by atoms with Crippen molar-refractivity contribution in [1.29, 1.82) is 0 Å². The molecule has 1 aliphatic heterocycles. The van der Waals surface area contributed by atoms with Crippen molar-refractivity contribution in [2.45, 2.75) is 37.8 Å². The van der Waals surface area contributed by atoms with Crippen LogP contribution in [0.15, 0.2) is 36.5 Å². The number of ether oxygens (including phenoxy) is 1. The molecule has 0 N–H and O–H groups in total. The molecule has 1 saturated heterocycles. The van der Waals surface area contributed by atoms with Crippen molar-refractivity contribution in [3.63, 3.8) is 0 Å². The van der Waals surface area contributed by atoms with Gasteiger partial charge in [-0.15, -0.1) is 0 Å². The SMILES string of the molecule is O=C(c1ccn(-c2cccc(F)c2)n1)N1CCO[C@H]2CCCC[C@H]21. The lowest BCUT2D eigenvalue weighted by molar-refractivity contribution is -0.0754. The number of aromatic nitrogens is 2. The third kappa shape index (κ3) is 2.82. The Morgan fingerprint density at radius 2 is 2.12 bits per heavy atom. The van der Waals surface area contributed by atoms with E-state index in [1.165, 1.54) is 16.8 Å². The lowest BCUT2D eigenvalue weighted by Crippen LogP contribution is -2.54. The van der Waals surface area contributed by atoms with Gasteiger partial charge in [0, 0.05) is 12.7 Å². The van der Waals surface area contributed by atoms with Crippen LogP contribution in [0.2, 0.25) is 0 Å². The van der Waals surface area contributed by atoms with Gasteiger partial charge in [-0.05, 0) is 37.1 Å². The fraction of sp³-hybridized carbons (Fsp3) is 0.444. The van der Waals surface area contributed by atoms with Crippen molar-refractivity contribution >= 4 is 5.91 Å². The van der Waals surface area contributed by atoms with Crippen molar-refractivity contribution in [3.05, 3.63) is 48.0 Å². The molecule has 4 rings (SSSR count). The number of morpholine rings is 1. The van der Waals surface area contributed by atoms with Crippen LogP contribution in [0, 0.1) is 5.82 Å². The van der Waals surface area contributed by atoms with Gasteiger partial charge in [-0.25, -0.2) is 9.07 Å². The van der Waals surface area contributed by atoms with Gasteiger partial charge in [0.15, 0.2) is 5.69 Å². The maximum Gasteiger partial charge on any atom is 0.274 e. The highest BCUT2D eigenvalue weighted by molar-refractivity contribution is 5.92. The standard InChI is InChI=1S/C18H20FN3O2/c19-13-4-3-5-14(12-13)22-9-8-15(20-22)18(23)21-10-11-24-17-7-2-1-6-16(17)21/h3-5,8-9,12,16-17H,1-2,6-7,10-11H2/t16-,17+/m1/s1. The average Bonchev–Trinajstić information content (AvgIpc) is 3.11. The van der Waals surface area contributed by atoms with E-state index in [0.29, 0.717) is 24.5 Å². The van der Waals surface area contributed by atoms with Crippen LogP contribution in [0.5, 0.6) is 0 Å². The van der Waals surface area contributed by atoms with Crippen LogP contribution in [-0.2, 0) is 4.74 Å². The molecule has 0 bridgehead atoms. The maximum absolute atomic E-state index is 13.4. The number of rotatable bonds is 2. The lowest BCUT2D eigenvalue weighted by atomic mass is 9.90. The van der Waals surface area contributed by atoms with Gasteiger partial charge in [0.1, 0.15) is 5.82 Å². The summed E-state index contributed by atoms with van der Waals surface area (Å²) in [4.78, 5) is 14.8. The fourth-order valence-electron chi connectivity index (χ4n) is 3.70. The number of carbonyl (C=O) groups excluding carboxylic acids is 1. The second kappa shape index (κ2) is 6.36. The molecule has 2 aliphatic rings. The average molecular weight is 329 g/mol. The van der Waals surface area contributed by atoms with E-state index in [9.17, 15) is 9.18 Å². The van der Waals surface area contributed by atoms with E-state index in [1.54, 1.807) is 24.4 Å². The van der Waals surface area contributed by atoms with E-state index < -0.39 is 0 Å². The van der Waals surface area contributed by atoms with Gasteiger partial charge in [-0.2, -0.15) is 5.10 Å². The quantitative estimate of drug-likeness (QED) is 0.851. The van der Waals surface area contributed by atoms with Crippen LogP contribution < -0.4 is 0 Å². The molecule has 2 aromatic rings. The first-order chi connectivity index (χ1) is 11.7. The number of halogens is 1. The smallest absolute Gasteiger partial charge is 0.274 e. The van der Waals surface area contributed by atoms with Crippen molar-refractivity contribution in [1.82, 2.24) is 14.7 Å². The van der Waals surface area contributed by atoms with E-state index in [1.807, 2.05) is 4.90 Å². The maximum atomic E-state index is 13.4. The number of fused-ring (bicyclic) bond motifs is 1. The molecule has 0 radical (unpaired) electrons. The van der Waals surface area contributed by atoms with Gasteiger partial charge in [0.25, 0.3) is 5.91 Å². The minimum Gasteiger partial charge on any atom is -0.374 e. The molecule has 1 aromatic carbocycles. The molecule has 5 nitrogen and oxygen atoms in total. The summed E-state index contributed by atoms with van der Waals surface area (Å²) in [6.45, 7) is 1.18. The highest BCUT2D eigenvalue weighted by Crippen LogP contribution is 2.29. The first-order valence-electron chi connectivity index (χ1n) is 8.46. The Morgan fingerprint density at radius 1 is 1.25 bits per heavy atom. The van der Waals surface area contributed by atoms with Gasteiger partial charge >= 0.3 is 0 Å². The monoisotopic (exact) mass is 329 g/mol. The van der Waals surface area contributed by atoms with Gasteiger partial charge in [-0.1, -0.05) is 18.9 Å². The largest absolute Gasteiger partial charge is 0.374 e. The molecule has 0 spiro atoms. The van der Waals surface area contributed by atoms with Gasteiger partial charge in [-0.3, -0.25) is 4.79 Å². The fourth-order valence-corrected chi connectivity index (χ4v) is 3.70. The number of carbonyl (C=O) groups is 1. The molecule has 24 heavy (non-hydrogen) atoms. The summed E-state index contributed by atoms with van der Waals surface area (Å²) in [5.74, 6) is -0.389. The highest BCUT2D eigenvalue weighted by atomic mass is 19.1. The van der Waals surface area contributed by atoms with Crippen LogP contribution in [-0.4, -0.2) is 45.9 Å². The Balaban J connectivity index is 1.56. The molecule has 126 valence electrons. The molecule has 1 aliphatic carbocycles. The molecule has 2 heterocycles. The normalized spacial score (nSPS) is 23.8. The third-order valence-electron chi connectivity index (χ3n) is 4.87. The van der Waals surface area contributed by atoms with Crippen LogP contribution in [0.3, 0.4) is 0 Å². The summed E-state index contributed by atoms with van der Waals surface area (Å²) >= 11 is 0. The Morgan fingerprint density at radius 3 is 3.00 bits per heavy atom. The predicted molar refractivity (Wildman–Crippen MR) is 86.6 cm³/mol. The Hall–Kier alpha value is -2.21. The molecular weight excluding hydrogens is 309 g/mol.